The van der Waals surface area contributed by atoms with E-state index in [0.29, 0.717) is 5.92 Å². The molecule has 0 radical (unpaired) electrons. The van der Waals surface area contributed by atoms with Crippen LogP contribution in [0.3, 0.4) is 0 Å². The van der Waals surface area contributed by atoms with Crippen LogP contribution in [0, 0.1) is 5.92 Å². The molecule has 0 bridgehead atoms. The zero-order valence-corrected chi connectivity index (χ0v) is 11.6. The summed E-state index contributed by atoms with van der Waals surface area (Å²) in [4.78, 5) is 6.84. The van der Waals surface area contributed by atoms with Crippen molar-refractivity contribution in [1.29, 1.82) is 0 Å². The third-order valence-electron chi connectivity index (χ3n) is 3.30. The van der Waals surface area contributed by atoms with E-state index in [1.807, 2.05) is 18.2 Å². The summed E-state index contributed by atoms with van der Waals surface area (Å²) in [6.07, 6.45) is 0. The Morgan fingerprint density at radius 1 is 1.28 bits per heavy atom. The van der Waals surface area contributed by atoms with Crippen molar-refractivity contribution in [3.8, 4) is 0 Å². The number of benzene rings is 1. The maximum absolute atomic E-state index is 10.3. The van der Waals surface area contributed by atoms with Crippen molar-refractivity contribution in [2.75, 3.05) is 11.4 Å². The Bertz CT molecular complexity index is 432. The first-order chi connectivity index (χ1) is 8.39. The molecule has 0 spiro atoms. The number of amidine groups is 1. The van der Waals surface area contributed by atoms with E-state index in [1.54, 1.807) is 13.8 Å². The van der Waals surface area contributed by atoms with E-state index in [2.05, 4.69) is 30.9 Å². The fourth-order valence-electron chi connectivity index (χ4n) is 2.22. The smallest absolute Gasteiger partial charge is 0.136 e. The maximum atomic E-state index is 10.3. The summed E-state index contributed by atoms with van der Waals surface area (Å²) >= 11 is 0. The lowest BCUT2D eigenvalue weighted by atomic mass is 10.1. The van der Waals surface area contributed by atoms with Crippen LogP contribution in [0.5, 0.6) is 0 Å². The summed E-state index contributed by atoms with van der Waals surface area (Å²) in [6.45, 7) is 8.78. The number of aliphatic hydroxyl groups is 1. The van der Waals surface area contributed by atoms with Crippen molar-refractivity contribution in [3.63, 3.8) is 0 Å². The van der Waals surface area contributed by atoms with Crippen LogP contribution in [0.15, 0.2) is 35.3 Å². The fraction of sp³-hybridized carbons (Fsp3) is 0.533. The van der Waals surface area contributed by atoms with Crippen molar-refractivity contribution < 1.29 is 5.11 Å². The van der Waals surface area contributed by atoms with Crippen molar-refractivity contribution in [1.82, 2.24) is 0 Å². The average Bonchev–Trinajstić information content (AvgIpc) is 2.74. The number of nitrogens with zero attached hydrogens (tertiary/aromatic N) is 2. The van der Waals surface area contributed by atoms with Crippen molar-refractivity contribution in [3.05, 3.63) is 30.3 Å². The maximum Gasteiger partial charge on any atom is 0.136 e. The number of anilines is 1. The first kappa shape index (κ1) is 13.1. The second-order valence-corrected chi connectivity index (χ2v) is 5.77. The summed E-state index contributed by atoms with van der Waals surface area (Å²) in [5.41, 5.74) is 0.195. The number of hydrogen-bond acceptors (Lipinski definition) is 3. The molecule has 0 fully saturated rings. The summed E-state index contributed by atoms with van der Waals surface area (Å²) in [5.74, 6) is 1.25. The SMILES string of the molecule is CC(C)[C@H]1CN(c2ccccc2)C(C(C)(C)O)=N1. The first-order valence-electron chi connectivity index (χ1n) is 6.53. The van der Waals surface area contributed by atoms with Crippen LogP contribution in [0.4, 0.5) is 5.69 Å². The van der Waals surface area contributed by atoms with Gasteiger partial charge in [0.25, 0.3) is 0 Å². The molecule has 1 aromatic rings. The largest absolute Gasteiger partial charge is 0.383 e. The van der Waals surface area contributed by atoms with E-state index in [9.17, 15) is 5.11 Å². The molecule has 3 nitrogen and oxygen atoms in total. The van der Waals surface area contributed by atoms with Gasteiger partial charge in [-0.2, -0.15) is 0 Å². The Hall–Kier alpha value is -1.35. The van der Waals surface area contributed by atoms with Gasteiger partial charge in [0.2, 0.25) is 0 Å². The third kappa shape index (κ3) is 2.56. The molecule has 1 aliphatic rings. The lowest BCUT2D eigenvalue weighted by Crippen LogP contribution is -2.43. The highest BCUT2D eigenvalue weighted by Gasteiger charge is 2.35. The van der Waals surface area contributed by atoms with E-state index < -0.39 is 5.60 Å². The molecule has 1 aromatic carbocycles. The summed E-state index contributed by atoms with van der Waals surface area (Å²) in [5, 5.41) is 10.3. The molecule has 0 saturated heterocycles. The molecule has 3 heteroatoms. The average molecular weight is 246 g/mol. The highest BCUT2D eigenvalue weighted by molar-refractivity contribution is 6.04. The molecule has 1 aliphatic heterocycles. The quantitative estimate of drug-likeness (QED) is 0.890. The van der Waals surface area contributed by atoms with Gasteiger partial charge in [0.05, 0.1) is 6.04 Å². The van der Waals surface area contributed by atoms with Gasteiger partial charge in [0, 0.05) is 12.2 Å². The van der Waals surface area contributed by atoms with Gasteiger partial charge >= 0.3 is 0 Å². The summed E-state index contributed by atoms with van der Waals surface area (Å²) in [7, 11) is 0. The molecule has 0 amide bonds. The highest BCUT2D eigenvalue weighted by Crippen LogP contribution is 2.27. The third-order valence-corrected chi connectivity index (χ3v) is 3.30. The number of rotatable bonds is 3. The van der Waals surface area contributed by atoms with Gasteiger partial charge in [0.15, 0.2) is 0 Å². The lowest BCUT2D eigenvalue weighted by molar-refractivity contribution is 0.152. The molecule has 2 rings (SSSR count). The van der Waals surface area contributed by atoms with E-state index in [0.717, 1.165) is 18.1 Å². The monoisotopic (exact) mass is 246 g/mol. The van der Waals surface area contributed by atoms with Gasteiger partial charge in [-0.25, -0.2) is 0 Å². The zero-order chi connectivity index (χ0) is 13.3. The van der Waals surface area contributed by atoms with Gasteiger partial charge in [-0.3, -0.25) is 4.99 Å². The van der Waals surface area contributed by atoms with Crippen molar-refractivity contribution in [2.24, 2.45) is 10.9 Å². The molecule has 0 aliphatic carbocycles. The van der Waals surface area contributed by atoms with Crippen molar-refractivity contribution in [2.45, 2.75) is 39.3 Å². The number of hydrogen-bond donors (Lipinski definition) is 1. The molecule has 0 saturated carbocycles. The normalized spacial score (nSPS) is 20.4. The molecular weight excluding hydrogens is 224 g/mol. The molecule has 98 valence electrons. The van der Waals surface area contributed by atoms with Crippen LogP contribution in [0.1, 0.15) is 27.7 Å². The summed E-state index contributed by atoms with van der Waals surface area (Å²) < 4.78 is 0. The molecule has 18 heavy (non-hydrogen) atoms. The molecule has 0 aromatic heterocycles. The van der Waals surface area contributed by atoms with Crippen LogP contribution in [0.25, 0.3) is 0 Å². The standard InChI is InChI=1S/C15H22N2O/c1-11(2)13-10-17(12-8-6-5-7-9-12)14(16-13)15(3,4)18/h5-9,11,13,18H,10H2,1-4H3/t13-/m1/s1. The minimum absolute atomic E-state index is 0.256. The Morgan fingerprint density at radius 3 is 2.39 bits per heavy atom. The second-order valence-electron chi connectivity index (χ2n) is 5.77. The van der Waals surface area contributed by atoms with Crippen LogP contribution in [-0.2, 0) is 0 Å². The number of para-hydroxylation sites is 1. The molecule has 1 heterocycles. The Morgan fingerprint density at radius 2 is 1.89 bits per heavy atom. The Labute approximate surface area is 109 Å². The Kier molecular flexibility index (Phi) is 3.44. The van der Waals surface area contributed by atoms with Crippen LogP contribution >= 0.6 is 0 Å². The van der Waals surface area contributed by atoms with E-state index >= 15 is 0 Å². The molecule has 0 unspecified atom stereocenters. The van der Waals surface area contributed by atoms with Gasteiger partial charge in [0.1, 0.15) is 11.4 Å². The first-order valence-corrected chi connectivity index (χ1v) is 6.53. The highest BCUT2D eigenvalue weighted by atomic mass is 16.3. The van der Waals surface area contributed by atoms with Crippen molar-refractivity contribution >= 4 is 11.5 Å². The van der Waals surface area contributed by atoms with Gasteiger partial charge in [-0.1, -0.05) is 32.0 Å². The fourth-order valence-corrected chi connectivity index (χ4v) is 2.22. The molecule has 1 N–H and O–H groups in total. The van der Waals surface area contributed by atoms with Gasteiger partial charge in [-0.15, -0.1) is 0 Å². The summed E-state index contributed by atoms with van der Waals surface area (Å²) in [6, 6.07) is 10.4. The number of aliphatic imine (C=N–C) groups is 1. The predicted octanol–water partition coefficient (Wildman–Crippen LogP) is 2.70. The van der Waals surface area contributed by atoms with Crippen LogP contribution in [-0.4, -0.2) is 29.1 Å². The van der Waals surface area contributed by atoms with Gasteiger partial charge in [-0.05, 0) is 31.9 Å². The molecular formula is C15H22N2O. The minimum atomic E-state index is -0.903. The predicted molar refractivity (Wildman–Crippen MR) is 76.1 cm³/mol. The zero-order valence-electron chi connectivity index (χ0n) is 11.6. The van der Waals surface area contributed by atoms with E-state index in [-0.39, 0.29) is 6.04 Å². The van der Waals surface area contributed by atoms with E-state index in [4.69, 9.17) is 4.99 Å². The van der Waals surface area contributed by atoms with Gasteiger partial charge < -0.3 is 10.0 Å². The van der Waals surface area contributed by atoms with Crippen LogP contribution < -0.4 is 4.90 Å². The van der Waals surface area contributed by atoms with Crippen LogP contribution in [0.2, 0.25) is 0 Å². The lowest BCUT2D eigenvalue weighted by Gasteiger charge is -2.28. The Balaban J connectivity index is 2.34. The topological polar surface area (TPSA) is 35.8 Å². The molecule has 1 atom stereocenters. The minimum Gasteiger partial charge on any atom is -0.383 e. The second kappa shape index (κ2) is 4.73. The van der Waals surface area contributed by atoms with E-state index in [1.165, 1.54) is 0 Å².